The lowest BCUT2D eigenvalue weighted by Crippen LogP contribution is -2.67. The Bertz CT molecular complexity index is 902. The van der Waals surface area contributed by atoms with Crippen LogP contribution in [0, 0.1) is 0 Å². The maximum atomic E-state index is 11.0. The first-order valence-electron chi connectivity index (χ1n) is 14.0. The molecule has 20 atom stereocenters. The summed E-state index contributed by atoms with van der Waals surface area (Å²) in [5.41, 5.74) is 0. The largest absolute Gasteiger partial charge is 0.394 e. The number of ether oxygens (including phenoxy) is 7. The summed E-state index contributed by atoms with van der Waals surface area (Å²) in [4.78, 5) is 0. The van der Waals surface area contributed by atoms with Gasteiger partial charge in [0, 0.05) is 0 Å². The van der Waals surface area contributed by atoms with Crippen molar-refractivity contribution < 1.29 is 99.5 Å². The van der Waals surface area contributed by atoms with E-state index in [0.29, 0.717) is 0 Å². The van der Waals surface area contributed by atoms with E-state index >= 15 is 0 Å². The van der Waals surface area contributed by atoms with Gasteiger partial charge in [-0.15, -0.1) is 0 Å². The van der Waals surface area contributed by atoms with E-state index in [4.69, 9.17) is 33.2 Å². The first-order valence-corrected chi connectivity index (χ1v) is 14.0. The molecule has 4 rings (SSSR count). The van der Waals surface area contributed by atoms with Crippen LogP contribution in [0.15, 0.2) is 0 Å². The molecular weight excluding hydrogens is 608 g/mol. The standard InChI is InChI=1S/C24H42O20/c1-5-9(28)13(32)17(36)22(38-5)43-19-15(34)11(30)8(4-27)41-24(19)44-20-16(35)12(31)7(3-26)40-23(20)42-18-14(33)10(29)6(2-25)39-21(18)37/h5-37H,2-4H2,1H3/t5-,6+,7+,8+,9-,10+,11+,12-,13+,14-,15-,16-,17+,18+,19+,20+,21+,22-,23-,24-/m0/s1. The van der Waals surface area contributed by atoms with Crippen molar-refractivity contribution in [2.24, 2.45) is 0 Å². The Morgan fingerprint density at radius 2 is 0.795 bits per heavy atom. The maximum absolute atomic E-state index is 11.0. The Labute approximate surface area is 249 Å². The van der Waals surface area contributed by atoms with Gasteiger partial charge in [-0.05, 0) is 6.92 Å². The number of aliphatic hydroxyl groups is 13. The molecule has 0 aromatic rings. The molecule has 4 fully saturated rings. The molecule has 20 nitrogen and oxygen atoms in total. The van der Waals surface area contributed by atoms with Gasteiger partial charge in [-0.25, -0.2) is 0 Å². The summed E-state index contributed by atoms with van der Waals surface area (Å²) in [6, 6.07) is 0. The van der Waals surface area contributed by atoms with Crippen molar-refractivity contribution in [2.75, 3.05) is 19.8 Å². The Morgan fingerprint density at radius 1 is 0.409 bits per heavy atom. The zero-order chi connectivity index (χ0) is 32.6. The van der Waals surface area contributed by atoms with Gasteiger partial charge in [0.2, 0.25) is 0 Å². The molecule has 4 saturated heterocycles. The third kappa shape index (κ3) is 7.05. The molecule has 4 aliphatic heterocycles. The second kappa shape index (κ2) is 15.0. The van der Waals surface area contributed by atoms with E-state index < -0.39 is 143 Å². The average molecular weight is 651 g/mol. The van der Waals surface area contributed by atoms with E-state index in [2.05, 4.69) is 0 Å². The summed E-state index contributed by atoms with van der Waals surface area (Å²) in [5, 5.41) is 133. The fourth-order valence-corrected chi connectivity index (χ4v) is 5.43. The molecule has 0 saturated carbocycles. The summed E-state index contributed by atoms with van der Waals surface area (Å²) in [6.45, 7) is -1.16. The molecule has 4 aliphatic rings. The quantitative estimate of drug-likeness (QED) is 0.110. The van der Waals surface area contributed by atoms with Crippen molar-refractivity contribution in [1.82, 2.24) is 0 Å². The fraction of sp³-hybridized carbons (Fsp3) is 1.00. The van der Waals surface area contributed by atoms with E-state index in [1.54, 1.807) is 0 Å². The molecule has 0 unspecified atom stereocenters. The SMILES string of the molecule is C[C@@H]1O[C@@H](O[C@H]2[C@H](O[C@H]3[C@H](O[C@@H]4[C@@H](O)[C@H](O)[C@@H](CO)O[C@H]4O)O[C@H](CO)[C@H](O)[C@@H]3O)O[C@H](CO)[C@@H](O)[C@@H]2O)[C@H](O)[C@H](O)[C@H]1O. The van der Waals surface area contributed by atoms with E-state index in [1.165, 1.54) is 6.92 Å². The predicted molar refractivity (Wildman–Crippen MR) is 132 cm³/mol. The normalized spacial score (nSPS) is 53.9. The van der Waals surface area contributed by atoms with Crippen molar-refractivity contribution in [3.05, 3.63) is 0 Å². The van der Waals surface area contributed by atoms with Gasteiger partial charge in [0.15, 0.2) is 25.2 Å². The van der Waals surface area contributed by atoms with E-state index in [9.17, 15) is 66.4 Å². The van der Waals surface area contributed by atoms with Gasteiger partial charge in [-0.1, -0.05) is 0 Å². The second-order valence-electron chi connectivity index (χ2n) is 11.1. The van der Waals surface area contributed by atoms with Crippen LogP contribution in [0.25, 0.3) is 0 Å². The van der Waals surface area contributed by atoms with Crippen molar-refractivity contribution in [1.29, 1.82) is 0 Å². The van der Waals surface area contributed by atoms with Gasteiger partial charge < -0.3 is 99.5 Å². The maximum Gasteiger partial charge on any atom is 0.187 e. The lowest BCUT2D eigenvalue weighted by Gasteiger charge is -2.49. The van der Waals surface area contributed by atoms with Gasteiger partial charge in [0.25, 0.3) is 0 Å². The third-order valence-corrected chi connectivity index (χ3v) is 8.17. The van der Waals surface area contributed by atoms with Crippen LogP contribution >= 0.6 is 0 Å². The highest BCUT2D eigenvalue weighted by Crippen LogP contribution is 2.34. The molecular formula is C24H42O20. The third-order valence-electron chi connectivity index (χ3n) is 8.17. The van der Waals surface area contributed by atoms with E-state index in [0.717, 1.165) is 0 Å². The van der Waals surface area contributed by atoms with Crippen LogP contribution in [0.3, 0.4) is 0 Å². The van der Waals surface area contributed by atoms with Gasteiger partial charge >= 0.3 is 0 Å². The van der Waals surface area contributed by atoms with Gasteiger partial charge in [0.1, 0.15) is 91.6 Å². The number of rotatable bonds is 9. The summed E-state index contributed by atoms with van der Waals surface area (Å²) in [5.74, 6) is 0. The molecule has 0 bridgehead atoms. The molecule has 0 spiro atoms. The van der Waals surface area contributed by atoms with Crippen LogP contribution in [0.2, 0.25) is 0 Å². The average Bonchev–Trinajstić information content (AvgIpc) is 3.00. The van der Waals surface area contributed by atoms with Crippen molar-refractivity contribution in [3.63, 3.8) is 0 Å². The zero-order valence-electron chi connectivity index (χ0n) is 23.3. The topological polar surface area (TPSA) is 328 Å². The molecule has 13 N–H and O–H groups in total. The predicted octanol–water partition coefficient (Wildman–Crippen LogP) is -8.72. The Kier molecular flexibility index (Phi) is 12.3. The van der Waals surface area contributed by atoms with Crippen LogP contribution in [-0.4, -0.2) is 209 Å². The highest BCUT2D eigenvalue weighted by molar-refractivity contribution is 4.97. The first-order chi connectivity index (χ1) is 20.7. The van der Waals surface area contributed by atoms with Crippen LogP contribution in [0.1, 0.15) is 6.92 Å². The molecule has 0 aromatic heterocycles. The van der Waals surface area contributed by atoms with E-state index in [1.807, 2.05) is 0 Å². The molecule has 0 aliphatic carbocycles. The van der Waals surface area contributed by atoms with Crippen molar-refractivity contribution in [3.8, 4) is 0 Å². The minimum atomic E-state index is -1.99. The molecule has 20 heteroatoms. The number of aliphatic hydroxyl groups excluding tert-OH is 13. The van der Waals surface area contributed by atoms with Crippen LogP contribution in [0.5, 0.6) is 0 Å². The highest BCUT2D eigenvalue weighted by atomic mass is 16.8. The van der Waals surface area contributed by atoms with Gasteiger partial charge in [-0.2, -0.15) is 0 Å². The van der Waals surface area contributed by atoms with Crippen molar-refractivity contribution >= 4 is 0 Å². The van der Waals surface area contributed by atoms with Crippen LogP contribution in [-0.2, 0) is 33.2 Å². The highest BCUT2D eigenvalue weighted by Gasteiger charge is 2.55. The first kappa shape index (κ1) is 36.0. The van der Waals surface area contributed by atoms with Crippen LogP contribution in [0.4, 0.5) is 0 Å². The van der Waals surface area contributed by atoms with Crippen LogP contribution < -0.4 is 0 Å². The Morgan fingerprint density at radius 3 is 1.25 bits per heavy atom. The zero-order valence-corrected chi connectivity index (χ0v) is 23.3. The molecule has 0 radical (unpaired) electrons. The van der Waals surface area contributed by atoms with Gasteiger partial charge in [0.05, 0.1) is 25.9 Å². The fourth-order valence-electron chi connectivity index (χ4n) is 5.43. The number of hydrogen-bond acceptors (Lipinski definition) is 20. The minimum absolute atomic E-state index is 0.778. The second-order valence-corrected chi connectivity index (χ2v) is 11.1. The minimum Gasteiger partial charge on any atom is -0.394 e. The monoisotopic (exact) mass is 650 g/mol. The Balaban J connectivity index is 1.61. The van der Waals surface area contributed by atoms with E-state index in [-0.39, 0.29) is 0 Å². The summed E-state index contributed by atoms with van der Waals surface area (Å²) < 4.78 is 38.5. The lowest BCUT2D eigenvalue weighted by atomic mass is 9.96. The molecule has 4 heterocycles. The van der Waals surface area contributed by atoms with Gasteiger partial charge in [-0.3, -0.25) is 0 Å². The molecule has 0 aromatic carbocycles. The molecule has 0 amide bonds. The molecule has 258 valence electrons. The number of hydrogen-bond donors (Lipinski definition) is 13. The summed E-state index contributed by atoms with van der Waals surface area (Å²) in [6.07, 6.45) is -35.0. The molecule has 44 heavy (non-hydrogen) atoms. The summed E-state index contributed by atoms with van der Waals surface area (Å²) in [7, 11) is 0. The Hall–Kier alpha value is -0.800. The smallest absolute Gasteiger partial charge is 0.187 e. The summed E-state index contributed by atoms with van der Waals surface area (Å²) >= 11 is 0. The van der Waals surface area contributed by atoms with Crippen molar-refractivity contribution in [2.45, 2.75) is 130 Å². The lowest BCUT2D eigenvalue weighted by molar-refractivity contribution is -0.404.